The van der Waals surface area contributed by atoms with Gasteiger partial charge >= 0.3 is 0 Å². The van der Waals surface area contributed by atoms with E-state index in [1.807, 2.05) is 0 Å². The number of hydrogen-bond donors (Lipinski definition) is 1. The van der Waals surface area contributed by atoms with Gasteiger partial charge in [0.25, 0.3) is 0 Å². The van der Waals surface area contributed by atoms with Gasteiger partial charge in [0, 0.05) is 21.9 Å². The maximum Gasteiger partial charge on any atom is 0.107 e. The van der Waals surface area contributed by atoms with E-state index >= 15 is 0 Å². The topological polar surface area (TPSA) is 12.0 Å². The van der Waals surface area contributed by atoms with Gasteiger partial charge in [-0.25, -0.2) is 0 Å². The Labute approximate surface area is 125 Å². The molecular weight excluding hydrogens is 330 g/mol. The maximum absolute atomic E-state index is 6.02. The lowest BCUT2D eigenvalue weighted by Crippen LogP contribution is -2.17. The van der Waals surface area contributed by atoms with Crippen molar-refractivity contribution >= 4 is 38.9 Å². The molecule has 1 aromatic carbocycles. The Morgan fingerprint density at radius 3 is 2.56 bits per heavy atom. The molecule has 0 aliphatic rings. The molecule has 2 aromatic rings. The Morgan fingerprint density at radius 2 is 2.00 bits per heavy atom. The lowest BCUT2D eigenvalue weighted by Gasteiger charge is -2.13. The van der Waals surface area contributed by atoms with Gasteiger partial charge in [0.1, 0.15) is 4.34 Å². The van der Waals surface area contributed by atoms with Gasteiger partial charge in [-0.3, -0.25) is 0 Å². The fourth-order valence-corrected chi connectivity index (χ4v) is 3.45. The Morgan fingerprint density at radius 1 is 1.33 bits per heavy atom. The normalized spacial score (nSPS) is 12.7. The molecule has 1 heterocycles. The summed E-state index contributed by atoms with van der Waals surface area (Å²) in [6.07, 6.45) is 0. The van der Waals surface area contributed by atoms with Crippen molar-refractivity contribution in [3.63, 3.8) is 0 Å². The predicted octanol–water partition coefficient (Wildman–Crippen LogP) is 5.32. The van der Waals surface area contributed by atoms with Crippen LogP contribution in [0.4, 0.5) is 0 Å². The van der Waals surface area contributed by atoms with Gasteiger partial charge in [0.15, 0.2) is 0 Å². The smallest absolute Gasteiger partial charge is 0.107 e. The van der Waals surface area contributed by atoms with E-state index in [1.54, 1.807) is 11.3 Å². The van der Waals surface area contributed by atoms with Crippen LogP contribution in [0.3, 0.4) is 0 Å². The minimum Gasteiger partial charge on any atom is -0.305 e. The molecule has 0 radical (unpaired) electrons. The number of benzene rings is 1. The van der Waals surface area contributed by atoms with Crippen LogP contribution in [0, 0.1) is 6.92 Å². The summed E-state index contributed by atoms with van der Waals surface area (Å²) in [6.45, 7) is 5.12. The van der Waals surface area contributed by atoms with E-state index in [0.717, 1.165) is 15.4 Å². The van der Waals surface area contributed by atoms with Gasteiger partial charge in [-0.1, -0.05) is 41.4 Å². The highest BCUT2D eigenvalue weighted by atomic mass is 79.9. The summed E-state index contributed by atoms with van der Waals surface area (Å²) in [5.74, 6) is 0. The van der Waals surface area contributed by atoms with Crippen molar-refractivity contribution in [2.75, 3.05) is 0 Å². The van der Waals surface area contributed by atoms with Gasteiger partial charge in [-0.2, -0.15) is 0 Å². The van der Waals surface area contributed by atoms with Gasteiger partial charge < -0.3 is 5.32 Å². The number of aryl methyl sites for hydroxylation is 1. The second-order valence-corrected chi connectivity index (χ2v) is 6.94. The molecule has 1 aromatic heterocycles. The van der Waals surface area contributed by atoms with E-state index in [2.05, 4.69) is 65.4 Å². The van der Waals surface area contributed by atoms with Crippen LogP contribution in [0.1, 0.15) is 29.0 Å². The summed E-state index contributed by atoms with van der Waals surface area (Å²) in [7, 11) is 0. The van der Waals surface area contributed by atoms with E-state index in [1.165, 1.54) is 16.0 Å². The highest BCUT2D eigenvalue weighted by molar-refractivity contribution is 9.10. The van der Waals surface area contributed by atoms with E-state index in [4.69, 9.17) is 11.6 Å². The summed E-state index contributed by atoms with van der Waals surface area (Å²) in [4.78, 5) is 1.24. The molecule has 0 amide bonds. The van der Waals surface area contributed by atoms with Crippen molar-refractivity contribution in [1.82, 2.24) is 5.32 Å². The molecule has 1 atom stereocenters. The molecule has 2 rings (SSSR count). The first-order chi connectivity index (χ1) is 8.56. The number of thiophene rings is 1. The molecule has 1 nitrogen and oxygen atoms in total. The monoisotopic (exact) mass is 343 g/mol. The lowest BCUT2D eigenvalue weighted by molar-refractivity contribution is 0.579. The van der Waals surface area contributed by atoms with E-state index in [0.29, 0.717) is 6.04 Å². The van der Waals surface area contributed by atoms with Gasteiger partial charge in [0.05, 0.1) is 0 Å². The fraction of sp³-hybridized carbons (Fsp3) is 0.286. The van der Waals surface area contributed by atoms with Crippen LogP contribution >= 0.6 is 38.9 Å². The Bertz CT molecular complexity index is 502. The Balaban J connectivity index is 1.95. The molecule has 1 unspecified atom stereocenters. The molecule has 0 spiro atoms. The van der Waals surface area contributed by atoms with E-state index in [9.17, 15) is 0 Å². The molecule has 96 valence electrons. The Hall–Kier alpha value is -0.350. The number of halogens is 2. The summed E-state index contributed by atoms with van der Waals surface area (Å²) < 4.78 is 1.80. The molecule has 1 N–H and O–H groups in total. The van der Waals surface area contributed by atoms with Crippen molar-refractivity contribution in [2.45, 2.75) is 26.4 Å². The van der Waals surface area contributed by atoms with Crippen molar-refractivity contribution < 1.29 is 0 Å². The predicted molar refractivity (Wildman–Crippen MR) is 83.5 cm³/mol. The third kappa shape index (κ3) is 3.58. The molecule has 4 heteroatoms. The van der Waals surface area contributed by atoms with Crippen molar-refractivity contribution in [3.05, 3.63) is 55.1 Å². The number of hydrogen-bond acceptors (Lipinski definition) is 2. The molecule has 0 aliphatic heterocycles. The van der Waals surface area contributed by atoms with E-state index < -0.39 is 0 Å². The van der Waals surface area contributed by atoms with Crippen LogP contribution in [0.25, 0.3) is 0 Å². The molecule has 0 fully saturated rings. The largest absolute Gasteiger partial charge is 0.305 e. The quantitative estimate of drug-likeness (QED) is 0.791. The average molecular weight is 345 g/mol. The molecular formula is C14H15BrClNS. The maximum atomic E-state index is 6.02. The minimum absolute atomic E-state index is 0.338. The summed E-state index contributed by atoms with van der Waals surface area (Å²) in [6, 6.07) is 11.0. The first-order valence-corrected chi connectivity index (χ1v) is 7.78. The summed E-state index contributed by atoms with van der Waals surface area (Å²) >= 11 is 11.1. The number of nitrogens with one attached hydrogen (secondary N) is 1. The summed E-state index contributed by atoms with van der Waals surface area (Å²) in [5, 5.41) is 3.51. The first-order valence-electron chi connectivity index (χ1n) is 5.80. The standard InChI is InChI=1S/C14H15BrClNS/c1-9-3-5-11(6-4-9)10(2)17-8-12-7-13(15)14(16)18-12/h3-7,10,17H,8H2,1-2H3. The van der Waals surface area contributed by atoms with Crippen LogP contribution in [-0.2, 0) is 6.54 Å². The molecule has 0 saturated carbocycles. The lowest BCUT2D eigenvalue weighted by atomic mass is 10.1. The first kappa shape index (κ1) is 14.1. The van der Waals surface area contributed by atoms with Gasteiger partial charge in [-0.05, 0) is 41.4 Å². The van der Waals surface area contributed by atoms with Crippen LogP contribution in [0.5, 0.6) is 0 Å². The molecule has 18 heavy (non-hydrogen) atoms. The summed E-state index contributed by atoms with van der Waals surface area (Å²) in [5.41, 5.74) is 2.60. The van der Waals surface area contributed by atoms with Crippen molar-refractivity contribution in [3.8, 4) is 0 Å². The second kappa shape index (κ2) is 6.20. The Kier molecular flexibility index (Phi) is 4.84. The van der Waals surface area contributed by atoms with Crippen LogP contribution in [0.15, 0.2) is 34.8 Å². The minimum atomic E-state index is 0.338. The molecule has 0 saturated heterocycles. The third-order valence-electron chi connectivity index (χ3n) is 2.86. The second-order valence-electron chi connectivity index (χ2n) is 4.35. The highest BCUT2D eigenvalue weighted by Gasteiger charge is 2.07. The SMILES string of the molecule is Cc1ccc(C(C)NCc2cc(Br)c(Cl)s2)cc1. The molecule has 0 bridgehead atoms. The fourth-order valence-electron chi connectivity index (χ4n) is 1.71. The average Bonchev–Trinajstić information content (AvgIpc) is 2.67. The van der Waals surface area contributed by atoms with Crippen molar-refractivity contribution in [2.24, 2.45) is 0 Å². The highest BCUT2D eigenvalue weighted by Crippen LogP contribution is 2.32. The number of rotatable bonds is 4. The zero-order valence-electron chi connectivity index (χ0n) is 10.3. The van der Waals surface area contributed by atoms with Crippen LogP contribution in [-0.4, -0.2) is 0 Å². The van der Waals surface area contributed by atoms with Gasteiger partial charge in [-0.15, -0.1) is 11.3 Å². The van der Waals surface area contributed by atoms with Crippen LogP contribution in [0.2, 0.25) is 4.34 Å². The van der Waals surface area contributed by atoms with Crippen LogP contribution < -0.4 is 5.32 Å². The zero-order chi connectivity index (χ0) is 13.1. The van der Waals surface area contributed by atoms with Crippen molar-refractivity contribution in [1.29, 1.82) is 0 Å². The van der Waals surface area contributed by atoms with Gasteiger partial charge in [0.2, 0.25) is 0 Å². The molecule has 0 aliphatic carbocycles. The zero-order valence-corrected chi connectivity index (χ0v) is 13.5. The van der Waals surface area contributed by atoms with E-state index in [-0.39, 0.29) is 0 Å². The third-order valence-corrected chi connectivity index (χ3v) is 5.33.